The van der Waals surface area contributed by atoms with Crippen LogP contribution in [-0.4, -0.2) is 29.2 Å². The SMILES string of the molecule is O=C(Nc1ccc(OCCO)cc1)c1cncc(-c2ccccc2)c1. The Hall–Kier alpha value is -3.18. The molecule has 0 aliphatic heterocycles. The van der Waals surface area contributed by atoms with E-state index in [0.29, 0.717) is 17.0 Å². The largest absolute Gasteiger partial charge is 0.491 e. The van der Waals surface area contributed by atoms with Gasteiger partial charge >= 0.3 is 0 Å². The maximum Gasteiger partial charge on any atom is 0.257 e. The van der Waals surface area contributed by atoms with Crippen LogP contribution in [0.15, 0.2) is 73.1 Å². The quantitative estimate of drug-likeness (QED) is 0.725. The van der Waals surface area contributed by atoms with E-state index < -0.39 is 0 Å². The zero-order valence-corrected chi connectivity index (χ0v) is 13.6. The number of anilines is 1. The molecule has 0 saturated heterocycles. The Balaban J connectivity index is 1.71. The summed E-state index contributed by atoms with van der Waals surface area (Å²) in [5.74, 6) is 0.411. The van der Waals surface area contributed by atoms with Crippen molar-refractivity contribution in [2.45, 2.75) is 0 Å². The van der Waals surface area contributed by atoms with Crippen molar-refractivity contribution in [2.24, 2.45) is 0 Å². The lowest BCUT2D eigenvalue weighted by molar-refractivity contribution is 0.102. The second kappa shape index (κ2) is 8.08. The monoisotopic (exact) mass is 334 g/mol. The summed E-state index contributed by atoms with van der Waals surface area (Å²) < 4.78 is 5.29. The molecular weight excluding hydrogens is 316 g/mol. The molecule has 5 nitrogen and oxygen atoms in total. The van der Waals surface area contributed by atoms with E-state index in [1.807, 2.05) is 36.4 Å². The number of aromatic nitrogens is 1. The molecule has 2 N–H and O–H groups in total. The molecule has 3 rings (SSSR count). The van der Waals surface area contributed by atoms with Crippen LogP contribution in [0.1, 0.15) is 10.4 Å². The number of amides is 1. The molecule has 1 aromatic heterocycles. The molecule has 1 amide bonds. The van der Waals surface area contributed by atoms with E-state index in [1.54, 1.807) is 36.7 Å². The lowest BCUT2D eigenvalue weighted by Gasteiger charge is -2.08. The first kappa shape index (κ1) is 16.7. The highest BCUT2D eigenvalue weighted by Gasteiger charge is 2.08. The fraction of sp³-hybridized carbons (Fsp3) is 0.100. The summed E-state index contributed by atoms with van der Waals surface area (Å²) in [6.45, 7) is 0.201. The second-order valence-corrected chi connectivity index (χ2v) is 5.38. The Morgan fingerprint density at radius 3 is 2.48 bits per heavy atom. The highest BCUT2D eigenvalue weighted by atomic mass is 16.5. The fourth-order valence-corrected chi connectivity index (χ4v) is 2.35. The smallest absolute Gasteiger partial charge is 0.257 e. The molecule has 0 aliphatic carbocycles. The lowest BCUT2D eigenvalue weighted by atomic mass is 10.1. The second-order valence-electron chi connectivity index (χ2n) is 5.38. The number of rotatable bonds is 6. The van der Waals surface area contributed by atoms with E-state index in [1.165, 1.54) is 0 Å². The molecule has 126 valence electrons. The number of nitrogens with zero attached hydrogens (tertiary/aromatic N) is 1. The molecule has 25 heavy (non-hydrogen) atoms. The molecule has 2 aromatic carbocycles. The van der Waals surface area contributed by atoms with Gasteiger partial charge in [0.15, 0.2) is 0 Å². The van der Waals surface area contributed by atoms with Crippen LogP contribution in [0, 0.1) is 0 Å². The van der Waals surface area contributed by atoms with Crippen LogP contribution in [0.3, 0.4) is 0 Å². The molecule has 0 fully saturated rings. The summed E-state index contributed by atoms with van der Waals surface area (Å²) in [7, 11) is 0. The molecule has 0 radical (unpaired) electrons. The van der Waals surface area contributed by atoms with E-state index in [9.17, 15) is 4.79 Å². The van der Waals surface area contributed by atoms with E-state index >= 15 is 0 Å². The van der Waals surface area contributed by atoms with Gasteiger partial charge in [-0.05, 0) is 35.9 Å². The number of aliphatic hydroxyl groups is 1. The van der Waals surface area contributed by atoms with E-state index in [-0.39, 0.29) is 19.1 Å². The number of hydrogen-bond acceptors (Lipinski definition) is 4. The molecular formula is C20H18N2O3. The van der Waals surface area contributed by atoms with Gasteiger partial charge in [0.2, 0.25) is 0 Å². The standard InChI is InChI=1S/C20H18N2O3/c23-10-11-25-19-8-6-18(7-9-19)22-20(24)17-12-16(13-21-14-17)15-4-2-1-3-5-15/h1-9,12-14,23H,10-11H2,(H,22,24). The number of nitrogens with one attached hydrogen (secondary N) is 1. The minimum absolute atomic E-state index is 0.0385. The number of benzene rings is 2. The third-order valence-electron chi connectivity index (χ3n) is 3.58. The number of carbonyl (C=O) groups excluding carboxylic acids is 1. The average molecular weight is 334 g/mol. The lowest BCUT2D eigenvalue weighted by Crippen LogP contribution is -2.12. The van der Waals surface area contributed by atoms with Gasteiger partial charge in [-0.3, -0.25) is 9.78 Å². The van der Waals surface area contributed by atoms with Crippen LogP contribution < -0.4 is 10.1 Å². The van der Waals surface area contributed by atoms with E-state index in [0.717, 1.165) is 11.1 Å². The first-order valence-electron chi connectivity index (χ1n) is 7.92. The number of aliphatic hydroxyl groups excluding tert-OH is 1. The topological polar surface area (TPSA) is 71.5 Å². The molecule has 0 atom stereocenters. The van der Waals surface area contributed by atoms with Gasteiger partial charge < -0.3 is 15.2 Å². The summed E-state index contributed by atoms with van der Waals surface area (Å²) in [6.07, 6.45) is 3.28. The van der Waals surface area contributed by atoms with Gasteiger partial charge in [-0.1, -0.05) is 30.3 Å². The predicted octanol–water partition coefficient (Wildman–Crippen LogP) is 3.37. The average Bonchev–Trinajstić information content (AvgIpc) is 2.68. The maximum absolute atomic E-state index is 12.4. The zero-order valence-electron chi connectivity index (χ0n) is 13.6. The first-order chi connectivity index (χ1) is 12.3. The summed E-state index contributed by atoms with van der Waals surface area (Å²) in [4.78, 5) is 16.6. The van der Waals surface area contributed by atoms with Crippen LogP contribution >= 0.6 is 0 Å². The molecule has 0 unspecified atom stereocenters. The summed E-state index contributed by atoms with van der Waals surface area (Å²) in [6, 6.07) is 18.6. The summed E-state index contributed by atoms with van der Waals surface area (Å²) in [5, 5.41) is 11.6. The van der Waals surface area contributed by atoms with Crippen molar-refractivity contribution in [3.8, 4) is 16.9 Å². The zero-order chi connectivity index (χ0) is 17.5. The molecule has 5 heteroatoms. The third-order valence-corrected chi connectivity index (χ3v) is 3.58. The Kier molecular flexibility index (Phi) is 5.39. The Labute approximate surface area is 145 Å². The molecule has 3 aromatic rings. The van der Waals surface area contributed by atoms with Crippen LogP contribution in [0.25, 0.3) is 11.1 Å². The van der Waals surface area contributed by atoms with Gasteiger partial charge in [-0.2, -0.15) is 0 Å². The molecule has 0 saturated carbocycles. The van der Waals surface area contributed by atoms with Crippen molar-refractivity contribution in [1.82, 2.24) is 4.98 Å². The van der Waals surface area contributed by atoms with Crippen LogP contribution in [0.2, 0.25) is 0 Å². The highest BCUT2D eigenvalue weighted by molar-refractivity contribution is 6.04. The summed E-state index contributed by atoms with van der Waals surface area (Å²) >= 11 is 0. The minimum atomic E-state index is -0.227. The van der Waals surface area contributed by atoms with Gasteiger partial charge in [0, 0.05) is 23.6 Å². The van der Waals surface area contributed by atoms with Crippen molar-refractivity contribution < 1.29 is 14.6 Å². The maximum atomic E-state index is 12.4. The first-order valence-corrected chi connectivity index (χ1v) is 7.92. The minimum Gasteiger partial charge on any atom is -0.491 e. The van der Waals surface area contributed by atoms with Gasteiger partial charge in [-0.15, -0.1) is 0 Å². The predicted molar refractivity (Wildman–Crippen MR) is 96.6 cm³/mol. The number of carbonyl (C=O) groups is 1. The Bertz CT molecular complexity index is 833. The van der Waals surface area contributed by atoms with Crippen LogP contribution in [0.4, 0.5) is 5.69 Å². The fourth-order valence-electron chi connectivity index (χ4n) is 2.35. The van der Waals surface area contributed by atoms with Crippen LogP contribution in [0.5, 0.6) is 5.75 Å². The highest BCUT2D eigenvalue weighted by Crippen LogP contribution is 2.20. The molecule has 0 spiro atoms. The van der Waals surface area contributed by atoms with Gasteiger partial charge in [0.05, 0.1) is 12.2 Å². The number of ether oxygens (including phenoxy) is 1. The Morgan fingerprint density at radius 1 is 1.00 bits per heavy atom. The van der Waals surface area contributed by atoms with Crippen LogP contribution in [-0.2, 0) is 0 Å². The van der Waals surface area contributed by atoms with Crippen molar-refractivity contribution >= 4 is 11.6 Å². The van der Waals surface area contributed by atoms with E-state index in [2.05, 4.69) is 10.3 Å². The van der Waals surface area contributed by atoms with Gasteiger partial charge in [0.25, 0.3) is 5.91 Å². The van der Waals surface area contributed by atoms with E-state index in [4.69, 9.17) is 9.84 Å². The number of pyridine rings is 1. The third kappa shape index (κ3) is 4.43. The molecule has 0 bridgehead atoms. The van der Waals surface area contributed by atoms with Gasteiger partial charge in [0.1, 0.15) is 12.4 Å². The molecule has 0 aliphatic rings. The van der Waals surface area contributed by atoms with Gasteiger partial charge in [-0.25, -0.2) is 0 Å². The van der Waals surface area contributed by atoms with Crippen molar-refractivity contribution in [1.29, 1.82) is 0 Å². The van der Waals surface area contributed by atoms with Crippen molar-refractivity contribution in [2.75, 3.05) is 18.5 Å². The summed E-state index contributed by atoms with van der Waals surface area (Å²) in [5.41, 5.74) is 3.05. The number of hydrogen-bond donors (Lipinski definition) is 2. The Morgan fingerprint density at radius 2 is 1.76 bits per heavy atom. The van der Waals surface area contributed by atoms with Crippen molar-refractivity contribution in [3.63, 3.8) is 0 Å². The normalized spacial score (nSPS) is 10.3. The molecule has 1 heterocycles. The van der Waals surface area contributed by atoms with Crippen molar-refractivity contribution in [3.05, 3.63) is 78.6 Å².